The van der Waals surface area contributed by atoms with Gasteiger partial charge in [0.1, 0.15) is 6.10 Å². The van der Waals surface area contributed by atoms with Gasteiger partial charge in [-0.15, -0.1) is 0 Å². The molecular weight excluding hydrogens is 697 g/mol. The number of halogens is 3. The van der Waals surface area contributed by atoms with Crippen molar-refractivity contribution in [3.8, 4) is 0 Å². The number of carbonyl (C=O) groups excluding carboxylic acids is 3. The fourth-order valence-corrected chi connectivity index (χ4v) is 7.34. The van der Waals surface area contributed by atoms with Gasteiger partial charge in [-0.2, -0.15) is 23.1 Å². The molecule has 7 rings (SSSR count). The van der Waals surface area contributed by atoms with Crippen LogP contribution in [0, 0.1) is 0 Å². The molecule has 0 bridgehead atoms. The number of esters is 1. The molecule has 6 N–H and O–H groups in total. The summed E-state index contributed by atoms with van der Waals surface area (Å²) in [4.78, 5) is 53.2. The van der Waals surface area contributed by atoms with Gasteiger partial charge in [0.15, 0.2) is 23.1 Å². The molecule has 4 aromatic rings. The van der Waals surface area contributed by atoms with Crippen LogP contribution in [0.1, 0.15) is 44.2 Å². The minimum Gasteiger partial charge on any atom is -0.451 e. The second kappa shape index (κ2) is 15.0. The van der Waals surface area contributed by atoms with Crippen LogP contribution in [-0.4, -0.2) is 105 Å². The SMILES string of the molecule is CCC(=O)N[C@H]1C[C@@H](n2cnc3c(NCc4cccc5ccccc45)nc(N4CC[C@@H](NC(=O)N[C@@H]5CCNC5)C4)nc32)[C@H](OC(=O)C(F)(F)F)[C@@H]1O. The lowest BCUT2D eigenvalue weighted by Gasteiger charge is -2.25. The number of ether oxygens (including phenoxy) is 1. The van der Waals surface area contributed by atoms with Crippen LogP contribution in [-0.2, 0) is 20.9 Å². The number of nitrogens with one attached hydrogen (secondary N) is 5. The third-order valence-corrected chi connectivity index (χ3v) is 10.1. The van der Waals surface area contributed by atoms with E-state index in [0.29, 0.717) is 43.9 Å². The lowest BCUT2D eigenvalue weighted by molar-refractivity contribution is -0.209. The van der Waals surface area contributed by atoms with Crippen molar-refractivity contribution in [2.75, 3.05) is 36.4 Å². The molecule has 3 amide bonds. The van der Waals surface area contributed by atoms with E-state index in [-0.39, 0.29) is 42.6 Å². The Morgan fingerprint density at radius 2 is 1.83 bits per heavy atom. The maximum Gasteiger partial charge on any atom is 0.490 e. The van der Waals surface area contributed by atoms with Gasteiger partial charge in [-0.1, -0.05) is 49.4 Å². The first-order valence-corrected chi connectivity index (χ1v) is 17.7. The summed E-state index contributed by atoms with van der Waals surface area (Å²) in [6, 6.07) is 11.4. The molecule has 4 heterocycles. The van der Waals surface area contributed by atoms with Gasteiger partial charge in [0.25, 0.3) is 0 Å². The molecule has 15 nitrogen and oxygen atoms in total. The van der Waals surface area contributed by atoms with E-state index in [4.69, 9.17) is 14.7 Å². The first-order chi connectivity index (χ1) is 25.5. The highest BCUT2D eigenvalue weighted by molar-refractivity contribution is 5.87. The van der Waals surface area contributed by atoms with Crippen LogP contribution in [0.4, 0.5) is 29.7 Å². The topological polar surface area (TPSA) is 188 Å². The highest BCUT2D eigenvalue weighted by Gasteiger charge is 2.51. The van der Waals surface area contributed by atoms with Gasteiger partial charge >= 0.3 is 18.2 Å². The van der Waals surface area contributed by atoms with Crippen LogP contribution in [0.25, 0.3) is 21.9 Å². The maximum atomic E-state index is 13.4. The number of carbonyl (C=O) groups is 3. The number of urea groups is 1. The Morgan fingerprint density at radius 1 is 1.04 bits per heavy atom. The highest BCUT2D eigenvalue weighted by atomic mass is 19.4. The van der Waals surface area contributed by atoms with E-state index in [1.807, 2.05) is 47.4 Å². The zero-order valence-electron chi connectivity index (χ0n) is 28.9. The molecule has 282 valence electrons. The Balaban J connectivity index is 1.22. The number of aliphatic hydroxyl groups is 1. The van der Waals surface area contributed by atoms with Gasteiger partial charge in [-0.3, -0.25) is 4.79 Å². The molecule has 2 aromatic carbocycles. The van der Waals surface area contributed by atoms with Crippen molar-refractivity contribution in [3.63, 3.8) is 0 Å². The fourth-order valence-electron chi connectivity index (χ4n) is 7.34. The summed E-state index contributed by atoms with van der Waals surface area (Å²) in [6.07, 6.45) is -5.84. The Bertz CT molecular complexity index is 1980. The number of alkyl halides is 3. The third-order valence-electron chi connectivity index (χ3n) is 10.1. The van der Waals surface area contributed by atoms with Crippen molar-refractivity contribution >= 4 is 51.6 Å². The van der Waals surface area contributed by atoms with Crippen molar-refractivity contribution in [2.24, 2.45) is 0 Å². The number of hydrogen-bond acceptors (Lipinski definition) is 11. The number of imidazole rings is 1. The lowest BCUT2D eigenvalue weighted by atomic mass is 10.0. The number of amides is 3. The number of hydrogen-bond donors (Lipinski definition) is 6. The van der Waals surface area contributed by atoms with E-state index in [0.717, 1.165) is 29.3 Å². The molecule has 18 heteroatoms. The van der Waals surface area contributed by atoms with E-state index in [1.165, 1.54) is 10.9 Å². The molecule has 3 fully saturated rings. The standard InChI is InChI=1S/C35H41F3N10O5/c1-2-26(49)44-24-14-25(29(28(24)50)53-32(51)35(36,37)38)48-18-41-27-30(40-15-20-8-5-7-19-6-3-4-9-23(19)20)45-33(46-31(27)48)47-13-11-22(17-47)43-34(52)42-21-10-12-39-16-21/h3-9,18,21-22,24-25,28-29,39,50H,2,10-17H2,1H3,(H,44,49)(H,40,45,46)(H2,42,43,52)/t21-,22-,24+,25-,28-,29+/m1/s1. The first kappa shape index (κ1) is 36.1. The second-order valence-electron chi connectivity index (χ2n) is 13.6. The predicted molar refractivity (Wildman–Crippen MR) is 188 cm³/mol. The number of nitrogens with zero attached hydrogens (tertiary/aromatic N) is 5. The largest absolute Gasteiger partial charge is 0.490 e. The highest BCUT2D eigenvalue weighted by Crippen LogP contribution is 2.38. The van der Waals surface area contributed by atoms with E-state index in [2.05, 4.69) is 31.6 Å². The average molecular weight is 739 g/mol. The second-order valence-corrected chi connectivity index (χ2v) is 13.6. The quantitative estimate of drug-likeness (QED) is 0.131. The lowest BCUT2D eigenvalue weighted by Crippen LogP contribution is -2.47. The fraction of sp³-hybridized carbons (Fsp3) is 0.486. The first-order valence-electron chi connectivity index (χ1n) is 17.7. The van der Waals surface area contributed by atoms with Crippen LogP contribution in [0.2, 0.25) is 0 Å². The van der Waals surface area contributed by atoms with Crippen LogP contribution >= 0.6 is 0 Å². The summed E-state index contributed by atoms with van der Waals surface area (Å²) < 4.78 is 46.6. The molecule has 2 aliphatic heterocycles. The molecule has 1 aliphatic carbocycles. The molecule has 1 saturated carbocycles. The third kappa shape index (κ3) is 7.78. The molecule has 0 unspecified atom stereocenters. The maximum absolute atomic E-state index is 13.4. The zero-order chi connectivity index (χ0) is 37.3. The normalized spacial score (nSPS) is 24.4. The molecule has 53 heavy (non-hydrogen) atoms. The predicted octanol–water partition coefficient (Wildman–Crippen LogP) is 2.51. The number of anilines is 2. The monoisotopic (exact) mass is 738 g/mol. The van der Waals surface area contributed by atoms with Gasteiger partial charge in [0.2, 0.25) is 11.9 Å². The average Bonchev–Trinajstić information content (AvgIpc) is 3.96. The summed E-state index contributed by atoms with van der Waals surface area (Å²) in [5, 5.41) is 28.5. The summed E-state index contributed by atoms with van der Waals surface area (Å²) in [5.41, 5.74) is 1.49. The number of benzene rings is 2. The summed E-state index contributed by atoms with van der Waals surface area (Å²) in [7, 11) is 0. The van der Waals surface area contributed by atoms with Crippen molar-refractivity contribution in [3.05, 3.63) is 54.4 Å². The Morgan fingerprint density at radius 3 is 2.60 bits per heavy atom. The molecule has 0 spiro atoms. The van der Waals surface area contributed by atoms with Crippen molar-refractivity contribution in [1.82, 2.24) is 40.8 Å². The van der Waals surface area contributed by atoms with Gasteiger partial charge in [0.05, 0.1) is 18.4 Å². The summed E-state index contributed by atoms with van der Waals surface area (Å²) >= 11 is 0. The Hall–Kier alpha value is -5.23. The smallest absolute Gasteiger partial charge is 0.451 e. The molecule has 2 aromatic heterocycles. The van der Waals surface area contributed by atoms with Gasteiger partial charge in [-0.05, 0) is 42.1 Å². The zero-order valence-corrected chi connectivity index (χ0v) is 28.9. The number of aromatic nitrogens is 4. The van der Waals surface area contributed by atoms with E-state index in [9.17, 15) is 32.7 Å². The van der Waals surface area contributed by atoms with E-state index >= 15 is 0 Å². The Kier molecular flexibility index (Phi) is 10.2. The van der Waals surface area contributed by atoms with E-state index < -0.39 is 42.3 Å². The number of fused-ring (bicyclic) bond motifs is 2. The molecule has 0 radical (unpaired) electrons. The summed E-state index contributed by atoms with van der Waals surface area (Å²) in [6.45, 7) is 4.38. The minimum absolute atomic E-state index is 0.0529. The van der Waals surface area contributed by atoms with Crippen LogP contribution < -0.4 is 31.5 Å². The molecule has 2 saturated heterocycles. The van der Waals surface area contributed by atoms with Crippen molar-refractivity contribution < 1.29 is 37.4 Å². The minimum atomic E-state index is -5.31. The van der Waals surface area contributed by atoms with Crippen LogP contribution in [0.15, 0.2) is 48.8 Å². The number of rotatable bonds is 10. The molecule has 3 aliphatic rings. The van der Waals surface area contributed by atoms with Crippen molar-refractivity contribution in [2.45, 2.75) is 81.7 Å². The van der Waals surface area contributed by atoms with Crippen molar-refractivity contribution in [1.29, 1.82) is 0 Å². The Labute approximate surface area is 302 Å². The molecule has 6 atom stereocenters. The van der Waals surface area contributed by atoms with Crippen LogP contribution in [0.5, 0.6) is 0 Å². The van der Waals surface area contributed by atoms with Crippen LogP contribution in [0.3, 0.4) is 0 Å². The molecular formula is C35H41F3N10O5. The summed E-state index contributed by atoms with van der Waals surface area (Å²) in [5.74, 6) is -2.27. The van der Waals surface area contributed by atoms with Gasteiger partial charge in [-0.25, -0.2) is 14.6 Å². The van der Waals surface area contributed by atoms with E-state index in [1.54, 1.807) is 6.92 Å². The van der Waals surface area contributed by atoms with Gasteiger partial charge in [0, 0.05) is 44.7 Å². The number of aliphatic hydroxyl groups excluding tert-OH is 1. The van der Waals surface area contributed by atoms with Gasteiger partial charge < -0.3 is 45.9 Å².